The normalized spacial score (nSPS) is 23.4. The Labute approximate surface area is 117 Å². The molecule has 106 valence electrons. The van der Waals surface area contributed by atoms with Gasteiger partial charge >= 0.3 is 5.97 Å². The zero-order chi connectivity index (χ0) is 13.7. The highest BCUT2D eigenvalue weighted by molar-refractivity contribution is 7.99. The van der Waals surface area contributed by atoms with Crippen LogP contribution in [0.15, 0.2) is 5.16 Å². The second kappa shape index (κ2) is 6.88. The van der Waals surface area contributed by atoms with E-state index in [-0.39, 0.29) is 5.75 Å². The largest absolute Gasteiger partial charge is 0.481 e. The average molecular weight is 284 g/mol. The van der Waals surface area contributed by atoms with Crippen LogP contribution in [0, 0.1) is 5.92 Å². The van der Waals surface area contributed by atoms with E-state index in [0.29, 0.717) is 11.2 Å². The van der Waals surface area contributed by atoms with Crippen molar-refractivity contribution in [3.05, 3.63) is 0 Å². The highest BCUT2D eigenvalue weighted by Gasteiger charge is 2.25. The van der Waals surface area contributed by atoms with Crippen LogP contribution < -0.4 is 0 Å². The van der Waals surface area contributed by atoms with Gasteiger partial charge in [-0.25, -0.2) is 4.68 Å². The zero-order valence-electron chi connectivity index (χ0n) is 11.2. The number of carboxylic acids is 1. The molecule has 1 aliphatic carbocycles. The van der Waals surface area contributed by atoms with Crippen molar-refractivity contribution in [2.24, 2.45) is 5.92 Å². The summed E-state index contributed by atoms with van der Waals surface area (Å²) in [5.74, 6) is 0.00464. The Kier molecular flexibility index (Phi) is 5.18. The molecule has 0 amide bonds. The van der Waals surface area contributed by atoms with Crippen molar-refractivity contribution >= 4 is 17.7 Å². The first-order valence-electron chi connectivity index (χ1n) is 6.83. The summed E-state index contributed by atoms with van der Waals surface area (Å²) >= 11 is 1.19. The maximum absolute atomic E-state index is 10.6. The van der Waals surface area contributed by atoms with Gasteiger partial charge in [0.2, 0.25) is 5.16 Å². The van der Waals surface area contributed by atoms with E-state index in [9.17, 15) is 4.79 Å². The fraction of sp³-hybridized carbons (Fsp3) is 0.833. The molecule has 2 rings (SSSR count). The van der Waals surface area contributed by atoms with Crippen LogP contribution >= 0.6 is 11.8 Å². The Hall–Kier alpha value is -1.11. The van der Waals surface area contributed by atoms with Crippen LogP contribution in [0.2, 0.25) is 0 Å². The summed E-state index contributed by atoms with van der Waals surface area (Å²) in [6, 6.07) is 0.333. The van der Waals surface area contributed by atoms with Gasteiger partial charge in [-0.2, -0.15) is 0 Å². The molecule has 0 atom stereocenters. The number of nitrogens with zero attached hydrogens (tertiary/aromatic N) is 4. The average Bonchev–Trinajstić information content (AvgIpc) is 2.86. The monoisotopic (exact) mass is 284 g/mol. The fourth-order valence-corrected chi connectivity index (χ4v) is 3.39. The minimum Gasteiger partial charge on any atom is -0.481 e. The van der Waals surface area contributed by atoms with E-state index >= 15 is 0 Å². The van der Waals surface area contributed by atoms with E-state index in [4.69, 9.17) is 5.11 Å². The number of aromatic nitrogens is 4. The van der Waals surface area contributed by atoms with Gasteiger partial charge in [-0.1, -0.05) is 31.5 Å². The second-order valence-corrected chi connectivity index (χ2v) is 5.99. The van der Waals surface area contributed by atoms with Crippen LogP contribution in [-0.4, -0.2) is 37.0 Å². The summed E-state index contributed by atoms with van der Waals surface area (Å²) in [5, 5.41) is 21.0. The second-order valence-electron chi connectivity index (χ2n) is 5.05. The number of hydrogen-bond donors (Lipinski definition) is 1. The number of aliphatic carboxylic acids is 1. The maximum Gasteiger partial charge on any atom is 0.313 e. The fourth-order valence-electron chi connectivity index (χ4n) is 2.72. The van der Waals surface area contributed by atoms with Gasteiger partial charge in [0.25, 0.3) is 0 Å². The van der Waals surface area contributed by atoms with Crippen LogP contribution in [0.4, 0.5) is 0 Å². The van der Waals surface area contributed by atoms with E-state index in [0.717, 1.165) is 18.8 Å². The topological polar surface area (TPSA) is 80.9 Å². The van der Waals surface area contributed by atoms with Crippen molar-refractivity contribution in [2.45, 2.75) is 56.6 Å². The third-order valence-electron chi connectivity index (χ3n) is 3.65. The van der Waals surface area contributed by atoms with Crippen LogP contribution in [-0.2, 0) is 4.79 Å². The predicted molar refractivity (Wildman–Crippen MR) is 72.1 cm³/mol. The lowest BCUT2D eigenvalue weighted by atomic mass is 9.84. The van der Waals surface area contributed by atoms with Crippen LogP contribution in [0.5, 0.6) is 0 Å². The summed E-state index contributed by atoms with van der Waals surface area (Å²) in [6.07, 6.45) is 7.19. The van der Waals surface area contributed by atoms with Gasteiger partial charge in [0.05, 0.1) is 11.8 Å². The Morgan fingerprint density at radius 2 is 2.16 bits per heavy atom. The Morgan fingerprint density at radius 3 is 2.79 bits per heavy atom. The molecule has 0 aliphatic heterocycles. The number of rotatable bonds is 6. The number of carboxylic acid groups (broad SMARTS) is 1. The van der Waals surface area contributed by atoms with E-state index in [1.165, 1.54) is 37.4 Å². The lowest BCUT2D eigenvalue weighted by Gasteiger charge is -2.28. The summed E-state index contributed by atoms with van der Waals surface area (Å²) in [5.41, 5.74) is 0. The molecule has 0 aromatic carbocycles. The molecule has 0 bridgehead atoms. The van der Waals surface area contributed by atoms with Gasteiger partial charge in [-0.15, -0.1) is 5.10 Å². The molecule has 1 aromatic heterocycles. The maximum atomic E-state index is 10.6. The summed E-state index contributed by atoms with van der Waals surface area (Å²) in [6.45, 7) is 2.23. The van der Waals surface area contributed by atoms with Gasteiger partial charge < -0.3 is 5.11 Å². The number of thioether (sulfide) groups is 1. The van der Waals surface area contributed by atoms with Gasteiger partial charge in [-0.3, -0.25) is 4.79 Å². The highest BCUT2D eigenvalue weighted by atomic mass is 32.2. The summed E-state index contributed by atoms with van der Waals surface area (Å²) in [7, 11) is 0. The SMILES string of the molecule is CCCC1CCC(n2nnnc2SCC(=O)O)CC1. The first-order valence-corrected chi connectivity index (χ1v) is 7.81. The van der Waals surface area contributed by atoms with Gasteiger partial charge in [0.1, 0.15) is 0 Å². The third kappa shape index (κ3) is 3.92. The predicted octanol–water partition coefficient (Wildman–Crippen LogP) is 2.38. The van der Waals surface area contributed by atoms with Crippen molar-refractivity contribution in [2.75, 3.05) is 5.75 Å². The lowest BCUT2D eigenvalue weighted by Crippen LogP contribution is -2.20. The minimum absolute atomic E-state index is 0.00551. The van der Waals surface area contributed by atoms with Crippen molar-refractivity contribution in [3.8, 4) is 0 Å². The highest BCUT2D eigenvalue weighted by Crippen LogP contribution is 2.35. The van der Waals surface area contributed by atoms with Crippen molar-refractivity contribution < 1.29 is 9.90 Å². The minimum atomic E-state index is -0.841. The first-order chi connectivity index (χ1) is 9.20. The molecule has 1 heterocycles. The van der Waals surface area contributed by atoms with Crippen LogP contribution in [0.1, 0.15) is 51.5 Å². The molecule has 19 heavy (non-hydrogen) atoms. The van der Waals surface area contributed by atoms with Gasteiger partial charge in [0, 0.05) is 0 Å². The molecule has 0 spiro atoms. The zero-order valence-corrected chi connectivity index (χ0v) is 12.0. The number of carbonyl (C=O) groups is 1. The van der Waals surface area contributed by atoms with Crippen LogP contribution in [0.3, 0.4) is 0 Å². The number of tetrazole rings is 1. The first kappa shape index (κ1) is 14.3. The molecule has 1 fully saturated rings. The molecule has 7 heteroatoms. The van der Waals surface area contributed by atoms with Crippen molar-refractivity contribution in [3.63, 3.8) is 0 Å². The molecule has 6 nitrogen and oxygen atoms in total. The quantitative estimate of drug-likeness (QED) is 0.808. The smallest absolute Gasteiger partial charge is 0.313 e. The molecule has 0 saturated heterocycles. The van der Waals surface area contributed by atoms with E-state index < -0.39 is 5.97 Å². The van der Waals surface area contributed by atoms with E-state index in [2.05, 4.69) is 22.4 Å². The van der Waals surface area contributed by atoms with Gasteiger partial charge in [-0.05, 0) is 42.0 Å². The molecule has 0 unspecified atom stereocenters. The third-order valence-corrected chi connectivity index (χ3v) is 4.56. The Balaban J connectivity index is 1.92. The molecule has 1 aliphatic rings. The lowest BCUT2D eigenvalue weighted by molar-refractivity contribution is -0.133. The standard InChI is InChI=1S/C12H20N4O2S/c1-2-3-9-4-6-10(7-5-9)16-12(13-14-15-16)19-8-11(17)18/h9-10H,2-8H2,1H3,(H,17,18). The molecule has 0 radical (unpaired) electrons. The molecular formula is C12H20N4O2S. The summed E-state index contributed by atoms with van der Waals surface area (Å²) in [4.78, 5) is 10.6. The molecule has 1 N–H and O–H groups in total. The summed E-state index contributed by atoms with van der Waals surface area (Å²) < 4.78 is 1.82. The Morgan fingerprint density at radius 1 is 1.42 bits per heavy atom. The molecular weight excluding hydrogens is 264 g/mol. The van der Waals surface area contributed by atoms with E-state index in [1.54, 1.807) is 0 Å². The van der Waals surface area contributed by atoms with Crippen LogP contribution in [0.25, 0.3) is 0 Å². The van der Waals surface area contributed by atoms with E-state index in [1.807, 2.05) is 4.68 Å². The molecule has 1 saturated carbocycles. The van der Waals surface area contributed by atoms with Crippen molar-refractivity contribution in [1.29, 1.82) is 0 Å². The van der Waals surface area contributed by atoms with Gasteiger partial charge in [0.15, 0.2) is 0 Å². The number of hydrogen-bond acceptors (Lipinski definition) is 5. The molecule has 1 aromatic rings. The van der Waals surface area contributed by atoms with Crippen molar-refractivity contribution in [1.82, 2.24) is 20.2 Å². The Bertz CT molecular complexity index is 416.